The molecule has 3 rings (SSSR count). The SMILES string of the molecule is CCc1cn(C)c(OCCc2ccc(Oc3ccc(Cl)c(C)c3)cc2)nc1=O. The number of ether oxygens (including phenoxy) is 2. The van der Waals surface area contributed by atoms with E-state index in [1.165, 1.54) is 0 Å². The van der Waals surface area contributed by atoms with Crippen molar-refractivity contribution in [2.45, 2.75) is 26.7 Å². The number of rotatable bonds is 7. The van der Waals surface area contributed by atoms with Crippen molar-refractivity contribution < 1.29 is 9.47 Å². The second kappa shape index (κ2) is 8.93. The first-order chi connectivity index (χ1) is 13.5. The van der Waals surface area contributed by atoms with E-state index in [-0.39, 0.29) is 5.56 Å². The van der Waals surface area contributed by atoms with Crippen molar-refractivity contribution >= 4 is 11.6 Å². The Labute approximate surface area is 169 Å². The Morgan fingerprint density at radius 2 is 1.82 bits per heavy atom. The van der Waals surface area contributed by atoms with Crippen molar-refractivity contribution in [3.05, 3.63) is 80.7 Å². The van der Waals surface area contributed by atoms with Gasteiger partial charge in [0.25, 0.3) is 11.6 Å². The molecule has 1 aromatic heterocycles. The van der Waals surface area contributed by atoms with E-state index in [0.29, 0.717) is 31.0 Å². The molecule has 2 aromatic carbocycles. The Morgan fingerprint density at radius 1 is 1.11 bits per heavy atom. The molecule has 28 heavy (non-hydrogen) atoms. The van der Waals surface area contributed by atoms with Crippen molar-refractivity contribution in [3.63, 3.8) is 0 Å². The fourth-order valence-electron chi connectivity index (χ4n) is 2.76. The molecular weight excluding hydrogens is 376 g/mol. The van der Waals surface area contributed by atoms with Gasteiger partial charge in [0.2, 0.25) is 0 Å². The molecule has 5 nitrogen and oxygen atoms in total. The van der Waals surface area contributed by atoms with Crippen LogP contribution in [0.5, 0.6) is 17.5 Å². The lowest BCUT2D eigenvalue weighted by atomic mass is 10.1. The van der Waals surface area contributed by atoms with Crippen molar-refractivity contribution in [1.82, 2.24) is 9.55 Å². The monoisotopic (exact) mass is 398 g/mol. The molecule has 0 atom stereocenters. The molecule has 0 radical (unpaired) electrons. The van der Waals surface area contributed by atoms with Crippen LogP contribution < -0.4 is 15.0 Å². The smallest absolute Gasteiger partial charge is 0.299 e. The second-order valence-electron chi connectivity index (χ2n) is 6.57. The number of hydrogen-bond acceptors (Lipinski definition) is 4. The quantitative estimate of drug-likeness (QED) is 0.578. The first kappa shape index (κ1) is 20.0. The van der Waals surface area contributed by atoms with Gasteiger partial charge in [0, 0.05) is 30.3 Å². The van der Waals surface area contributed by atoms with E-state index in [1.807, 2.05) is 63.4 Å². The minimum absolute atomic E-state index is 0.227. The summed E-state index contributed by atoms with van der Waals surface area (Å²) in [5.41, 5.74) is 2.54. The summed E-state index contributed by atoms with van der Waals surface area (Å²) in [6.07, 6.45) is 3.13. The molecule has 0 fully saturated rings. The zero-order chi connectivity index (χ0) is 20.1. The number of halogens is 1. The Morgan fingerprint density at radius 3 is 2.50 bits per heavy atom. The highest BCUT2D eigenvalue weighted by atomic mass is 35.5. The normalized spacial score (nSPS) is 10.7. The molecule has 0 aliphatic rings. The van der Waals surface area contributed by atoms with Gasteiger partial charge in [0.15, 0.2) is 0 Å². The standard InChI is InChI=1S/C22H23ClN2O3/c1-4-17-14-25(3)22(24-21(17)26)27-12-11-16-5-7-18(8-6-16)28-19-9-10-20(23)15(2)13-19/h5-10,13-14H,4,11-12H2,1-3H3. The van der Waals surface area contributed by atoms with E-state index in [1.54, 1.807) is 10.8 Å². The number of hydrogen-bond donors (Lipinski definition) is 0. The summed E-state index contributed by atoms with van der Waals surface area (Å²) in [5, 5.41) is 0.721. The molecule has 0 unspecified atom stereocenters. The molecule has 1 heterocycles. The van der Waals surface area contributed by atoms with Crippen LogP contribution in [0.4, 0.5) is 0 Å². The molecule has 6 heteroatoms. The van der Waals surface area contributed by atoms with E-state index in [2.05, 4.69) is 4.98 Å². The van der Waals surface area contributed by atoms with E-state index < -0.39 is 0 Å². The molecule has 0 amide bonds. The molecule has 0 spiro atoms. The van der Waals surface area contributed by atoms with Gasteiger partial charge in [-0.2, -0.15) is 4.98 Å². The van der Waals surface area contributed by atoms with Gasteiger partial charge in [-0.25, -0.2) is 0 Å². The minimum Gasteiger partial charge on any atom is -0.464 e. The molecule has 0 saturated heterocycles. The summed E-state index contributed by atoms with van der Waals surface area (Å²) in [5.74, 6) is 1.51. The van der Waals surface area contributed by atoms with Gasteiger partial charge in [-0.05, 0) is 54.8 Å². The van der Waals surface area contributed by atoms with Gasteiger partial charge >= 0.3 is 0 Å². The van der Waals surface area contributed by atoms with Crippen LogP contribution in [0.15, 0.2) is 53.5 Å². The maximum Gasteiger partial charge on any atom is 0.299 e. The molecule has 0 aliphatic carbocycles. The van der Waals surface area contributed by atoms with E-state index in [4.69, 9.17) is 21.1 Å². The minimum atomic E-state index is -0.227. The summed E-state index contributed by atoms with van der Waals surface area (Å²) in [7, 11) is 1.82. The lowest BCUT2D eigenvalue weighted by molar-refractivity contribution is 0.281. The van der Waals surface area contributed by atoms with Crippen molar-refractivity contribution in [2.75, 3.05) is 6.61 Å². The lowest BCUT2D eigenvalue weighted by Crippen LogP contribution is -2.19. The van der Waals surface area contributed by atoms with Crippen LogP contribution >= 0.6 is 11.6 Å². The summed E-state index contributed by atoms with van der Waals surface area (Å²) in [4.78, 5) is 15.9. The molecule has 3 aromatic rings. The van der Waals surface area contributed by atoms with Gasteiger partial charge in [-0.15, -0.1) is 0 Å². The van der Waals surface area contributed by atoms with Gasteiger partial charge in [-0.3, -0.25) is 4.79 Å². The first-order valence-corrected chi connectivity index (χ1v) is 9.56. The highest BCUT2D eigenvalue weighted by Crippen LogP contribution is 2.26. The molecule has 0 saturated carbocycles. The third-order valence-electron chi connectivity index (χ3n) is 4.41. The van der Waals surface area contributed by atoms with Crippen LogP contribution in [-0.4, -0.2) is 16.2 Å². The van der Waals surface area contributed by atoms with Gasteiger partial charge in [-0.1, -0.05) is 30.7 Å². The summed E-state index contributed by atoms with van der Waals surface area (Å²) >= 11 is 6.04. The van der Waals surface area contributed by atoms with Crippen LogP contribution in [0.1, 0.15) is 23.6 Å². The van der Waals surface area contributed by atoms with Crippen molar-refractivity contribution in [3.8, 4) is 17.5 Å². The summed E-state index contributed by atoms with van der Waals surface area (Å²) in [6, 6.07) is 13.7. The second-order valence-corrected chi connectivity index (χ2v) is 6.98. The maximum absolute atomic E-state index is 11.9. The van der Waals surface area contributed by atoms with Crippen molar-refractivity contribution in [2.24, 2.45) is 7.05 Å². The number of aromatic nitrogens is 2. The lowest BCUT2D eigenvalue weighted by Gasteiger charge is -2.11. The fraction of sp³-hybridized carbons (Fsp3) is 0.273. The average Bonchev–Trinajstić information content (AvgIpc) is 2.68. The number of nitrogens with zero attached hydrogens (tertiary/aromatic N) is 2. The van der Waals surface area contributed by atoms with Crippen LogP contribution in [0.2, 0.25) is 5.02 Å². The topological polar surface area (TPSA) is 53.4 Å². The highest BCUT2D eigenvalue weighted by Gasteiger charge is 2.06. The van der Waals surface area contributed by atoms with Crippen LogP contribution in [0.25, 0.3) is 0 Å². The third kappa shape index (κ3) is 4.93. The Bertz CT molecular complexity index is 1010. The Balaban J connectivity index is 1.57. The molecular formula is C22H23ClN2O3. The largest absolute Gasteiger partial charge is 0.464 e. The van der Waals surface area contributed by atoms with Gasteiger partial charge < -0.3 is 14.0 Å². The van der Waals surface area contributed by atoms with Crippen LogP contribution in [0.3, 0.4) is 0 Å². The molecule has 146 valence electrons. The average molecular weight is 399 g/mol. The van der Waals surface area contributed by atoms with Gasteiger partial charge in [0.05, 0.1) is 6.61 Å². The summed E-state index contributed by atoms with van der Waals surface area (Å²) in [6.45, 7) is 4.31. The predicted octanol–water partition coefficient (Wildman–Crippen LogP) is 4.72. The molecule has 0 bridgehead atoms. The zero-order valence-corrected chi connectivity index (χ0v) is 17.0. The Kier molecular flexibility index (Phi) is 6.37. The fourth-order valence-corrected chi connectivity index (χ4v) is 2.88. The van der Waals surface area contributed by atoms with E-state index in [0.717, 1.165) is 27.6 Å². The Hall–Kier alpha value is -2.79. The van der Waals surface area contributed by atoms with Gasteiger partial charge in [0.1, 0.15) is 11.5 Å². The maximum atomic E-state index is 11.9. The van der Waals surface area contributed by atoms with Crippen molar-refractivity contribution in [1.29, 1.82) is 0 Å². The van der Waals surface area contributed by atoms with Crippen LogP contribution in [0, 0.1) is 6.92 Å². The zero-order valence-electron chi connectivity index (χ0n) is 16.2. The molecule has 0 aliphatic heterocycles. The van der Waals surface area contributed by atoms with Crippen LogP contribution in [-0.2, 0) is 19.9 Å². The first-order valence-electron chi connectivity index (χ1n) is 9.18. The van der Waals surface area contributed by atoms with E-state index in [9.17, 15) is 4.79 Å². The number of aryl methyl sites for hydroxylation is 3. The summed E-state index contributed by atoms with van der Waals surface area (Å²) < 4.78 is 13.3. The van der Waals surface area contributed by atoms with E-state index >= 15 is 0 Å². The third-order valence-corrected chi connectivity index (χ3v) is 4.84. The number of benzene rings is 2. The molecule has 0 N–H and O–H groups in total. The highest BCUT2D eigenvalue weighted by molar-refractivity contribution is 6.31. The predicted molar refractivity (Wildman–Crippen MR) is 111 cm³/mol.